The van der Waals surface area contributed by atoms with Crippen molar-refractivity contribution in [2.24, 2.45) is 5.92 Å². The van der Waals surface area contributed by atoms with Crippen LogP contribution in [0.4, 0.5) is 4.79 Å². The number of carbonyl (C=O) groups excluding carboxylic acids is 4. The van der Waals surface area contributed by atoms with E-state index in [-0.39, 0.29) is 41.2 Å². The Balaban J connectivity index is 1.28. The summed E-state index contributed by atoms with van der Waals surface area (Å²) in [6, 6.07) is 13.6. The van der Waals surface area contributed by atoms with Crippen molar-refractivity contribution in [1.29, 1.82) is 0 Å². The van der Waals surface area contributed by atoms with Gasteiger partial charge >= 0.3 is 6.09 Å². The number of hydrogen-bond acceptors (Lipinski definition) is 8. The highest BCUT2D eigenvalue weighted by molar-refractivity contribution is 6.07. The highest BCUT2D eigenvalue weighted by Crippen LogP contribution is 2.32. The average Bonchev–Trinajstić information content (AvgIpc) is 3.76. The maximum absolute atomic E-state index is 14.2. The lowest BCUT2D eigenvalue weighted by molar-refractivity contribution is -0.141. The van der Waals surface area contributed by atoms with Gasteiger partial charge in [-0.25, -0.2) is 4.79 Å². The quantitative estimate of drug-likeness (QED) is 0.324. The van der Waals surface area contributed by atoms with E-state index in [0.29, 0.717) is 19.4 Å². The van der Waals surface area contributed by atoms with Crippen molar-refractivity contribution in [3.05, 3.63) is 77.6 Å². The van der Waals surface area contributed by atoms with Gasteiger partial charge in [-0.15, -0.1) is 5.10 Å². The van der Waals surface area contributed by atoms with Crippen LogP contribution in [0.1, 0.15) is 79.7 Å². The maximum atomic E-state index is 14.2. The second kappa shape index (κ2) is 14.4. The molecule has 1 saturated carbocycles. The molecule has 1 aromatic heterocycles. The normalized spacial score (nSPS) is 18.2. The molecule has 0 unspecified atom stereocenters. The Bertz CT molecular complexity index is 1500. The second-order valence-corrected chi connectivity index (χ2v) is 11.8. The first-order valence-corrected chi connectivity index (χ1v) is 15.5. The number of hydrogen-bond donors (Lipinski definition) is 2. The maximum Gasteiger partial charge on any atom is 0.410 e. The minimum absolute atomic E-state index is 0.0267. The Hall–Kier alpha value is -4.74. The molecule has 45 heavy (non-hydrogen) atoms. The largest absolute Gasteiger partial charge is 0.508 e. The topological polar surface area (TPSA) is 147 Å². The van der Waals surface area contributed by atoms with Crippen molar-refractivity contribution < 1.29 is 29.0 Å². The summed E-state index contributed by atoms with van der Waals surface area (Å²) in [5, 5.41) is 21.5. The van der Waals surface area contributed by atoms with Gasteiger partial charge in [0.2, 0.25) is 17.6 Å². The third-order valence-electron chi connectivity index (χ3n) is 8.76. The van der Waals surface area contributed by atoms with Crippen LogP contribution in [0.15, 0.2) is 60.8 Å². The third kappa shape index (κ3) is 7.50. The fourth-order valence-electron chi connectivity index (χ4n) is 6.02. The van der Waals surface area contributed by atoms with Crippen LogP contribution in [0.25, 0.3) is 0 Å². The Kier molecular flexibility index (Phi) is 10.1. The summed E-state index contributed by atoms with van der Waals surface area (Å²) in [7, 11) is 1.50. The predicted molar refractivity (Wildman–Crippen MR) is 164 cm³/mol. The molecule has 2 aromatic carbocycles. The number of aromatic nitrogens is 3. The van der Waals surface area contributed by atoms with E-state index >= 15 is 0 Å². The van der Waals surface area contributed by atoms with E-state index in [1.807, 2.05) is 30.3 Å². The van der Waals surface area contributed by atoms with Gasteiger partial charge in [-0.3, -0.25) is 19.3 Å². The number of nitrogens with zero attached hydrogens (tertiary/aromatic N) is 5. The Morgan fingerprint density at radius 1 is 1.02 bits per heavy atom. The van der Waals surface area contributed by atoms with Gasteiger partial charge in [0.05, 0.1) is 6.20 Å². The molecular weight excluding hydrogens is 576 g/mol. The number of likely N-dealkylation sites (tertiary alicyclic amines) is 1. The molecule has 0 radical (unpaired) electrons. The highest BCUT2D eigenvalue weighted by Gasteiger charge is 2.40. The summed E-state index contributed by atoms with van der Waals surface area (Å²) >= 11 is 0. The molecule has 2 fully saturated rings. The summed E-state index contributed by atoms with van der Waals surface area (Å²) in [6.07, 6.45) is 6.15. The molecule has 5 rings (SSSR count). The molecule has 2 N–H and O–H groups in total. The van der Waals surface area contributed by atoms with Crippen LogP contribution in [0.3, 0.4) is 0 Å². The number of likely N-dealkylation sites (N-methyl/N-ethyl adjacent to an activating group) is 1. The Morgan fingerprint density at radius 2 is 1.78 bits per heavy atom. The van der Waals surface area contributed by atoms with E-state index in [2.05, 4.69) is 15.5 Å². The molecule has 1 aliphatic heterocycles. The SMILES string of the molecule is C[C@@H](C(=O)N[C@H](C(=O)N1CCC[C@@H]1n1ncc(C(=O)c2cccc(O)c2)n1)C1CCCCC1)N(C)C(=O)OCc1ccccc1. The third-order valence-corrected chi connectivity index (χ3v) is 8.76. The molecule has 12 nitrogen and oxygen atoms in total. The number of nitrogens with one attached hydrogen (secondary N) is 1. The van der Waals surface area contributed by atoms with Crippen LogP contribution in [0, 0.1) is 5.92 Å². The van der Waals surface area contributed by atoms with Crippen molar-refractivity contribution in [2.45, 2.75) is 76.7 Å². The minimum atomic E-state index is -0.875. The number of carbonyl (C=O) groups is 4. The van der Waals surface area contributed by atoms with Gasteiger partial charge in [-0.2, -0.15) is 9.90 Å². The van der Waals surface area contributed by atoms with Crippen molar-refractivity contribution in [2.75, 3.05) is 13.6 Å². The average molecular weight is 617 g/mol. The molecule has 238 valence electrons. The van der Waals surface area contributed by atoms with Gasteiger partial charge in [0.15, 0.2) is 5.69 Å². The Labute approximate surface area is 262 Å². The molecular formula is C33H40N6O6. The van der Waals surface area contributed by atoms with E-state index in [9.17, 15) is 24.3 Å². The molecule has 2 aliphatic rings. The highest BCUT2D eigenvalue weighted by atomic mass is 16.6. The van der Waals surface area contributed by atoms with Gasteiger partial charge in [0.1, 0.15) is 30.6 Å². The van der Waals surface area contributed by atoms with Gasteiger partial charge in [0, 0.05) is 19.2 Å². The lowest BCUT2D eigenvalue weighted by Crippen LogP contribution is -2.57. The molecule has 1 saturated heterocycles. The number of ketones is 1. The molecule has 3 aromatic rings. The summed E-state index contributed by atoms with van der Waals surface area (Å²) in [5.74, 6) is -1.13. The summed E-state index contributed by atoms with van der Waals surface area (Å²) in [5.41, 5.74) is 1.22. The second-order valence-electron chi connectivity index (χ2n) is 11.8. The first kappa shape index (κ1) is 31.7. The molecule has 12 heteroatoms. The molecule has 0 bridgehead atoms. The van der Waals surface area contributed by atoms with Crippen LogP contribution in [-0.2, 0) is 20.9 Å². The first-order chi connectivity index (χ1) is 21.7. The number of rotatable bonds is 10. The van der Waals surface area contributed by atoms with Gasteiger partial charge in [-0.1, -0.05) is 61.7 Å². The smallest absolute Gasteiger partial charge is 0.410 e. The lowest BCUT2D eigenvalue weighted by atomic mass is 9.83. The number of benzene rings is 2. The molecule has 1 aliphatic carbocycles. The van der Waals surface area contributed by atoms with Gasteiger partial charge < -0.3 is 20.1 Å². The van der Waals surface area contributed by atoms with E-state index in [4.69, 9.17) is 4.74 Å². The number of phenols is 1. The summed E-state index contributed by atoms with van der Waals surface area (Å²) in [6.45, 7) is 2.15. The zero-order valence-electron chi connectivity index (χ0n) is 25.7. The fraction of sp³-hybridized carbons (Fsp3) is 0.455. The lowest BCUT2D eigenvalue weighted by Gasteiger charge is -2.35. The molecule has 0 spiro atoms. The molecule has 3 atom stereocenters. The van der Waals surface area contributed by atoms with Crippen molar-refractivity contribution in [1.82, 2.24) is 30.1 Å². The van der Waals surface area contributed by atoms with E-state index in [1.54, 1.807) is 24.0 Å². The summed E-state index contributed by atoms with van der Waals surface area (Å²) in [4.78, 5) is 57.7. The van der Waals surface area contributed by atoms with E-state index in [1.165, 1.54) is 35.1 Å². The molecule has 3 amide bonds. The number of aromatic hydroxyl groups is 1. The zero-order chi connectivity index (χ0) is 31.9. The van der Waals surface area contributed by atoms with Crippen LogP contribution in [0.5, 0.6) is 5.75 Å². The minimum Gasteiger partial charge on any atom is -0.508 e. The first-order valence-electron chi connectivity index (χ1n) is 15.5. The zero-order valence-corrected chi connectivity index (χ0v) is 25.7. The number of phenolic OH excluding ortho intramolecular Hbond substituents is 1. The van der Waals surface area contributed by atoms with Crippen molar-refractivity contribution >= 4 is 23.7 Å². The monoisotopic (exact) mass is 616 g/mol. The Morgan fingerprint density at radius 3 is 2.51 bits per heavy atom. The number of amides is 3. The predicted octanol–water partition coefficient (Wildman–Crippen LogP) is 4.06. The summed E-state index contributed by atoms with van der Waals surface area (Å²) < 4.78 is 5.41. The van der Waals surface area contributed by atoms with Crippen LogP contribution >= 0.6 is 0 Å². The van der Waals surface area contributed by atoms with Crippen LogP contribution < -0.4 is 5.32 Å². The van der Waals surface area contributed by atoms with E-state index < -0.39 is 30.2 Å². The van der Waals surface area contributed by atoms with Gasteiger partial charge in [-0.05, 0) is 56.2 Å². The van der Waals surface area contributed by atoms with E-state index in [0.717, 1.165) is 37.7 Å². The van der Waals surface area contributed by atoms with Crippen LogP contribution in [-0.4, -0.2) is 79.3 Å². The number of ether oxygens (including phenoxy) is 1. The van der Waals surface area contributed by atoms with Gasteiger partial charge in [0.25, 0.3) is 0 Å². The fourth-order valence-corrected chi connectivity index (χ4v) is 6.02. The standard InChI is InChI=1S/C33H40N6O6/c1-22(37(2)33(44)45-21-23-11-5-3-6-12-23)31(42)35-29(24-13-7-4-8-14-24)32(43)38-18-10-17-28(38)39-34-20-27(36-39)30(41)25-15-9-16-26(40)19-25/h3,5-6,9,11-12,15-16,19-20,22,24,28-29,40H,4,7-8,10,13-14,17-18,21H2,1-2H3,(H,35,42)/t22-,28-,29-/m0/s1. The van der Waals surface area contributed by atoms with Crippen molar-refractivity contribution in [3.8, 4) is 5.75 Å². The van der Waals surface area contributed by atoms with Crippen molar-refractivity contribution in [3.63, 3.8) is 0 Å². The van der Waals surface area contributed by atoms with Crippen LogP contribution in [0.2, 0.25) is 0 Å². The molecule has 2 heterocycles.